The first-order chi connectivity index (χ1) is 13.5. The zero-order valence-corrected chi connectivity index (χ0v) is 16.0. The van der Waals surface area contributed by atoms with Crippen LogP contribution >= 0.6 is 11.3 Å². The molecule has 0 atom stereocenters. The van der Waals surface area contributed by atoms with E-state index >= 15 is 0 Å². The highest BCUT2D eigenvalue weighted by Crippen LogP contribution is 2.30. The first-order valence-electron chi connectivity index (χ1n) is 8.48. The van der Waals surface area contributed by atoms with Gasteiger partial charge in [0.25, 0.3) is 11.8 Å². The lowest BCUT2D eigenvalue weighted by Gasteiger charge is -2.28. The van der Waals surface area contributed by atoms with Gasteiger partial charge in [0.2, 0.25) is 0 Å². The molecule has 0 unspecified atom stereocenters. The average Bonchev–Trinajstić information content (AvgIpc) is 3.38. The molecule has 0 N–H and O–H groups in total. The number of hydrogen-bond acceptors (Lipinski definition) is 5. The summed E-state index contributed by atoms with van der Waals surface area (Å²) in [7, 11) is 2.71. The number of barbiturate groups is 1. The molecule has 3 aromatic rings. The van der Waals surface area contributed by atoms with Crippen molar-refractivity contribution in [2.75, 3.05) is 14.1 Å². The van der Waals surface area contributed by atoms with Crippen molar-refractivity contribution in [3.63, 3.8) is 0 Å². The van der Waals surface area contributed by atoms with Crippen LogP contribution in [0, 0.1) is 0 Å². The molecule has 3 heterocycles. The Morgan fingerprint density at radius 2 is 1.61 bits per heavy atom. The highest BCUT2D eigenvalue weighted by atomic mass is 32.1. The van der Waals surface area contributed by atoms with Crippen LogP contribution in [0.15, 0.2) is 59.6 Å². The number of carbonyl (C=O) groups is 3. The van der Waals surface area contributed by atoms with Crippen molar-refractivity contribution in [3.05, 3.63) is 65.2 Å². The van der Waals surface area contributed by atoms with Crippen LogP contribution in [0.1, 0.15) is 5.56 Å². The Morgan fingerprint density at radius 3 is 2.21 bits per heavy atom. The lowest BCUT2D eigenvalue weighted by Crippen LogP contribution is -2.52. The normalized spacial score (nSPS) is 14.8. The number of aromatic nitrogens is 2. The fourth-order valence-electron chi connectivity index (χ4n) is 2.94. The highest BCUT2D eigenvalue weighted by Gasteiger charge is 2.38. The third-order valence-corrected chi connectivity index (χ3v) is 5.34. The Kier molecular flexibility index (Phi) is 4.40. The first-order valence-corrected chi connectivity index (χ1v) is 9.36. The maximum atomic E-state index is 12.5. The molecule has 1 aliphatic rings. The van der Waals surface area contributed by atoms with E-state index in [9.17, 15) is 14.4 Å². The van der Waals surface area contributed by atoms with Gasteiger partial charge >= 0.3 is 6.03 Å². The molecule has 7 nitrogen and oxygen atoms in total. The summed E-state index contributed by atoms with van der Waals surface area (Å²) >= 11 is 1.51. The summed E-state index contributed by atoms with van der Waals surface area (Å²) in [5.74, 6) is -1.25. The van der Waals surface area contributed by atoms with Gasteiger partial charge in [0, 0.05) is 25.9 Å². The molecule has 1 aromatic carbocycles. The number of imide groups is 2. The van der Waals surface area contributed by atoms with Crippen LogP contribution in [0.3, 0.4) is 0 Å². The van der Waals surface area contributed by atoms with Crippen molar-refractivity contribution in [2.24, 2.45) is 0 Å². The van der Waals surface area contributed by atoms with Crippen LogP contribution in [0.4, 0.5) is 4.79 Å². The van der Waals surface area contributed by atoms with Crippen molar-refractivity contribution in [2.45, 2.75) is 0 Å². The van der Waals surface area contributed by atoms with E-state index in [0.717, 1.165) is 20.4 Å². The molecule has 1 fully saturated rings. The Bertz CT molecular complexity index is 1070. The van der Waals surface area contributed by atoms with E-state index in [1.54, 1.807) is 10.9 Å². The van der Waals surface area contributed by atoms with E-state index in [1.165, 1.54) is 31.5 Å². The molecular formula is C20H16N4O3S. The third-order valence-electron chi connectivity index (χ3n) is 4.46. The molecule has 1 saturated heterocycles. The molecule has 1 aliphatic heterocycles. The first kappa shape index (κ1) is 17.9. The maximum Gasteiger partial charge on any atom is 0.333 e. The van der Waals surface area contributed by atoms with Gasteiger partial charge in [-0.15, -0.1) is 11.3 Å². The lowest BCUT2D eigenvalue weighted by atomic mass is 10.1. The summed E-state index contributed by atoms with van der Waals surface area (Å²) in [4.78, 5) is 39.8. The molecule has 2 aromatic heterocycles. The van der Waals surface area contributed by atoms with Crippen molar-refractivity contribution in [1.82, 2.24) is 19.6 Å². The zero-order chi connectivity index (χ0) is 19.8. The Balaban J connectivity index is 1.86. The van der Waals surface area contributed by atoms with Gasteiger partial charge in [0.15, 0.2) is 0 Å². The standard InChI is InChI=1S/C20H16N4O3S/c1-22-18(25)15(19(26)23(2)20(22)27)11-13-12-24(14-7-4-3-5-8-14)21-17(13)16-9-6-10-28-16/h3-12H,1-2H3. The fourth-order valence-corrected chi connectivity index (χ4v) is 3.67. The SMILES string of the molecule is CN1C(=O)C(=Cc2cn(-c3ccccc3)nc2-c2cccs2)C(=O)N(C)C1=O. The van der Waals surface area contributed by atoms with Gasteiger partial charge < -0.3 is 0 Å². The second-order valence-corrected chi connectivity index (χ2v) is 7.21. The largest absolute Gasteiger partial charge is 0.333 e. The Labute approximate surface area is 165 Å². The molecule has 28 heavy (non-hydrogen) atoms. The summed E-state index contributed by atoms with van der Waals surface area (Å²) in [5.41, 5.74) is 2.07. The van der Waals surface area contributed by atoms with Gasteiger partial charge in [0.05, 0.1) is 10.6 Å². The van der Waals surface area contributed by atoms with Crippen molar-refractivity contribution >= 4 is 35.3 Å². The molecule has 0 spiro atoms. The molecule has 4 rings (SSSR count). The number of benzene rings is 1. The summed E-state index contributed by atoms with van der Waals surface area (Å²) in [6, 6.07) is 12.8. The van der Waals surface area contributed by atoms with Crippen LogP contribution in [0.5, 0.6) is 0 Å². The molecule has 140 valence electrons. The number of nitrogens with zero attached hydrogens (tertiary/aromatic N) is 4. The van der Waals surface area contributed by atoms with E-state index in [-0.39, 0.29) is 5.57 Å². The van der Waals surface area contributed by atoms with Gasteiger partial charge in [-0.2, -0.15) is 5.10 Å². The Morgan fingerprint density at radius 1 is 0.929 bits per heavy atom. The number of amides is 4. The monoisotopic (exact) mass is 392 g/mol. The predicted molar refractivity (Wildman–Crippen MR) is 106 cm³/mol. The molecule has 4 amide bonds. The van der Waals surface area contributed by atoms with Gasteiger partial charge in [0.1, 0.15) is 11.3 Å². The Hall–Kier alpha value is -3.52. The minimum Gasteiger partial charge on any atom is -0.268 e. The summed E-state index contributed by atoms with van der Waals surface area (Å²) in [6.45, 7) is 0. The second kappa shape index (κ2) is 6.90. The predicted octanol–water partition coefficient (Wildman–Crippen LogP) is 3.03. The van der Waals surface area contributed by atoms with Crippen molar-refractivity contribution in [3.8, 4) is 16.3 Å². The maximum absolute atomic E-state index is 12.5. The number of rotatable bonds is 3. The average molecular weight is 392 g/mol. The number of thiophene rings is 1. The quantitative estimate of drug-likeness (QED) is 0.507. The van der Waals surface area contributed by atoms with Gasteiger partial charge in [-0.05, 0) is 29.7 Å². The summed E-state index contributed by atoms with van der Waals surface area (Å²) in [6.07, 6.45) is 3.28. The topological polar surface area (TPSA) is 75.5 Å². The summed E-state index contributed by atoms with van der Waals surface area (Å²) in [5, 5.41) is 6.59. The van der Waals surface area contributed by atoms with Crippen molar-refractivity contribution < 1.29 is 14.4 Å². The van der Waals surface area contributed by atoms with Crippen LogP contribution in [0.25, 0.3) is 22.3 Å². The highest BCUT2D eigenvalue weighted by molar-refractivity contribution is 7.13. The molecule has 0 bridgehead atoms. The van der Waals surface area contributed by atoms with Gasteiger partial charge in [-0.25, -0.2) is 9.48 Å². The number of likely N-dealkylation sites (N-methyl/N-ethyl adjacent to an activating group) is 2. The van der Waals surface area contributed by atoms with E-state index in [2.05, 4.69) is 5.10 Å². The van der Waals surface area contributed by atoms with E-state index in [0.29, 0.717) is 11.3 Å². The zero-order valence-electron chi connectivity index (χ0n) is 15.2. The molecule has 0 saturated carbocycles. The number of hydrogen-bond donors (Lipinski definition) is 0. The van der Waals surface area contributed by atoms with Crippen LogP contribution in [-0.4, -0.2) is 51.5 Å². The number of carbonyl (C=O) groups excluding carboxylic acids is 3. The van der Waals surface area contributed by atoms with E-state index < -0.39 is 17.8 Å². The van der Waals surface area contributed by atoms with E-state index in [1.807, 2.05) is 47.8 Å². The number of urea groups is 1. The lowest BCUT2D eigenvalue weighted by molar-refractivity contribution is -0.134. The fraction of sp³-hybridized carbons (Fsp3) is 0.100. The smallest absolute Gasteiger partial charge is 0.268 e. The summed E-state index contributed by atoms with van der Waals surface area (Å²) < 4.78 is 1.71. The van der Waals surface area contributed by atoms with E-state index in [4.69, 9.17) is 0 Å². The van der Waals surface area contributed by atoms with Crippen LogP contribution in [0.2, 0.25) is 0 Å². The number of para-hydroxylation sites is 1. The third kappa shape index (κ3) is 2.93. The molecular weight excluding hydrogens is 376 g/mol. The minimum atomic E-state index is -0.648. The van der Waals surface area contributed by atoms with Crippen molar-refractivity contribution in [1.29, 1.82) is 0 Å². The second-order valence-electron chi connectivity index (χ2n) is 6.26. The minimum absolute atomic E-state index is 0.0741. The molecule has 8 heteroatoms. The van der Waals surface area contributed by atoms with Gasteiger partial charge in [-0.3, -0.25) is 19.4 Å². The van der Waals surface area contributed by atoms with Gasteiger partial charge in [-0.1, -0.05) is 24.3 Å². The van der Waals surface area contributed by atoms with Crippen LogP contribution in [-0.2, 0) is 9.59 Å². The molecule has 0 aliphatic carbocycles. The molecule has 0 radical (unpaired) electrons. The van der Waals surface area contributed by atoms with Crippen LogP contribution < -0.4 is 0 Å².